The molecule has 2 aliphatic carbocycles. The number of aliphatic carboxylic acids is 2. The molecule has 0 amide bonds. The molecule has 120 valence electrons. The van der Waals surface area contributed by atoms with Crippen molar-refractivity contribution in [3.63, 3.8) is 0 Å². The molecular weight excluding hydrogens is 268 g/mol. The second-order valence-corrected chi connectivity index (χ2v) is 7.15. The smallest absolute Gasteiger partial charge is 0.309 e. The Kier molecular flexibility index (Phi) is 5.28. The van der Waals surface area contributed by atoms with Gasteiger partial charge in [-0.05, 0) is 38.5 Å². The van der Waals surface area contributed by atoms with Gasteiger partial charge in [-0.3, -0.25) is 9.59 Å². The van der Waals surface area contributed by atoms with Gasteiger partial charge < -0.3 is 10.2 Å². The van der Waals surface area contributed by atoms with Crippen LogP contribution in [0.5, 0.6) is 0 Å². The molecule has 2 rings (SSSR count). The second-order valence-electron chi connectivity index (χ2n) is 7.15. The lowest BCUT2D eigenvalue weighted by Gasteiger charge is -2.25. The molecule has 0 spiro atoms. The van der Waals surface area contributed by atoms with E-state index in [-0.39, 0.29) is 0 Å². The zero-order valence-electron chi connectivity index (χ0n) is 12.9. The van der Waals surface area contributed by atoms with E-state index in [1.807, 2.05) is 0 Å². The SMILES string of the molecule is O=C(O)C1(CCCCCC2(C(=O)O)CCCC2)CCCC1. The standard InChI is InChI=1S/C17H28O4/c18-14(19)16(10-4-5-11-16)8-2-1-3-9-17(15(20)21)12-6-7-13-17/h1-13H2,(H,18,19)(H,20,21). The molecule has 2 saturated carbocycles. The van der Waals surface area contributed by atoms with Crippen molar-refractivity contribution in [3.8, 4) is 0 Å². The summed E-state index contributed by atoms with van der Waals surface area (Å²) in [6.45, 7) is 0. The Bertz CT molecular complexity index is 340. The van der Waals surface area contributed by atoms with Gasteiger partial charge in [-0.25, -0.2) is 0 Å². The van der Waals surface area contributed by atoms with E-state index < -0.39 is 22.8 Å². The van der Waals surface area contributed by atoms with Gasteiger partial charge in [0.2, 0.25) is 0 Å². The van der Waals surface area contributed by atoms with Gasteiger partial charge in [-0.15, -0.1) is 0 Å². The van der Waals surface area contributed by atoms with Crippen LogP contribution in [0, 0.1) is 10.8 Å². The maximum Gasteiger partial charge on any atom is 0.309 e. The van der Waals surface area contributed by atoms with E-state index in [0.29, 0.717) is 0 Å². The van der Waals surface area contributed by atoms with E-state index in [4.69, 9.17) is 0 Å². The topological polar surface area (TPSA) is 74.6 Å². The van der Waals surface area contributed by atoms with Gasteiger partial charge >= 0.3 is 11.9 Å². The summed E-state index contributed by atoms with van der Waals surface area (Å²) in [5, 5.41) is 18.9. The van der Waals surface area contributed by atoms with Crippen LogP contribution >= 0.6 is 0 Å². The van der Waals surface area contributed by atoms with Gasteiger partial charge in [0.05, 0.1) is 10.8 Å². The van der Waals surface area contributed by atoms with E-state index in [1.54, 1.807) is 0 Å². The normalized spacial score (nSPS) is 23.2. The molecule has 0 saturated heterocycles. The van der Waals surface area contributed by atoms with Crippen molar-refractivity contribution < 1.29 is 19.8 Å². The van der Waals surface area contributed by atoms with Crippen molar-refractivity contribution in [2.45, 2.75) is 83.5 Å². The summed E-state index contributed by atoms with van der Waals surface area (Å²) in [4.78, 5) is 22.9. The number of carbonyl (C=O) groups is 2. The maximum absolute atomic E-state index is 11.5. The molecular formula is C17H28O4. The van der Waals surface area contributed by atoms with E-state index in [9.17, 15) is 19.8 Å². The summed E-state index contributed by atoms with van der Waals surface area (Å²) in [6.07, 6.45) is 11.8. The Morgan fingerprint density at radius 3 is 1.29 bits per heavy atom. The highest BCUT2D eigenvalue weighted by molar-refractivity contribution is 5.75. The highest BCUT2D eigenvalue weighted by Crippen LogP contribution is 2.44. The predicted molar refractivity (Wildman–Crippen MR) is 80.2 cm³/mol. The lowest BCUT2D eigenvalue weighted by atomic mass is 9.79. The van der Waals surface area contributed by atoms with E-state index in [0.717, 1.165) is 83.5 Å². The summed E-state index contributed by atoms with van der Waals surface area (Å²) < 4.78 is 0. The summed E-state index contributed by atoms with van der Waals surface area (Å²) in [7, 11) is 0. The monoisotopic (exact) mass is 296 g/mol. The van der Waals surface area contributed by atoms with E-state index in [2.05, 4.69) is 0 Å². The molecule has 0 unspecified atom stereocenters. The van der Waals surface area contributed by atoms with Crippen LogP contribution in [0.1, 0.15) is 83.5 Å². The largest absolute Gasteiger partial charge is 0.481 e. The third-order valence-electron chi connectivity index (χ3n) is 5.84. The first-order chi connectivity index (χ1) is 10.0. The molecule has 0 atom stereocenters. The maximum atomic E-state index is 11.5. The fourth-order valence-electron chi connectivity index (χ4n) is 4.35. The molecule has 0 aromatic rings. The van der Waals surface area contributed by atoms with Crippen LogP contribution in [-0.2, 0) is 9.59 Å². The zero-order chi connectivity index (χ0) is 15.3. The lowest BCUT2D eigenvalue weighted by Crippen LogP contribution is -2.28. The van der Waals surface area contributed by atoms with E-state index in [1.165, 1.54) is 0 Å². The highest BCUT2D eigenvalue weighted by atomic mass is 16.4. The van der Waals surface area contributed by atoms with Crippen LogP contribution in [0.4, 0.5) is 0 Å². The minimum Gasteiger partial charge on any atom is -0.481 e. The minimum atomic E-state index is -0.627. The first kappa shape index (κ1) is 16.3. The number of unbranched alkanes of at least 4 members (excludes halogenated alkanes) is 2. The molecule has 4 heteroatoms. The molecule has 0 heterocycles. The van der Waals surface area contributed by atoms with Crippen LogP contribution < -0.4 is 0 Å². The Hall–Kier alpha value is -1.06. The van der Waals surface area contributed by atoms with Gasteiger partial charge in [0.1, 0.15) is 0 Å². The fraction of sp³-hybridized carbons (Fsp3) is 0.882. The van der Waals surface area contributed by atoms with Gasteiger partial charge in [0.15, 0.2) is 0 Å². The van der Waals surface area contributed by atoms with E-state index >= 15 is 0 Å². The van der Waals surface area contributed by atoms with Gasteiger partial charge in [0.25, 0.3) is 0 Å². The van der Waals surface area contributed by atoms with Crippen molar-refractivity contribution >= 4 is 11.9 Å². The predicted octanol–water partition coefficient (Wildman–Crippen LogP) is 4.23. The van der Waals surface area contributed by atoms with Crippen LogP contribution in [0.25, 0.3) is 0 Å². The van der Waals surface area contributed by atoms with Crippen LogP contribution in [0.2, 0.25) is 0 Å². The van der Waals surface area contributed by atoms with Gasteiger partial charge in [-0.1, -0.05) is 44.9 Å². The quantitative estimate of drug-likeness (QED) is 0.657. The first-order valence-electron chi connectivity index (χ1n) is 8.48. The number of carboxylic acids is 2. The molecule has 2 N–H and O–H groups in total. The number of hydrogen-bond donors (Lipinski definition) is 2. The molecule has 2 fully saturated rings. The molecule has 2 aliphatic rings. The Balaban J connectivity index is 1.72. The number of hydrogen-bond acceptors (Lipinski definition) is 2. The number of rotatable bonds is 8. The Labute approximate surface area is 126 Å². The van der Waals surface area contributed by atoms with Gasteiger partial charge in [-0.2, -0.15) is 0 Å². The molecule has 4 nitrogen and oxygen atoms in total. The van der Waals surface area contributed by atoms with Crippen molar-refractivity contribution in [3.05, 3.63) is 0 Å². The van der Waals surface area contributed by atoms with Crippen molar-refractivity contribution in [1.29, 1.82) is 0 Å². The molecule has 0 bridgehead atoms. The van der Waals surface area contributed by atoms with Crippen molar-refractivity contribution in [1.82, 2.24) is 0 Å². The third kappa shape index (κ3) is 3.58. The molecule has 0 aliphatic heterocycles. The third-order valence-corrected chi connectivity index (χ3v) is 5.84. The van der Waals surface area contributed by atoms with Crippen LogP contribution in [-0.4, -0.2) is 22.2 Å². The lowest BCUT2D eigenvalue weighted by molar-refractivity contribution is -0.149. The van der Waals surface area contributed by atoms with Crippen LogP contribution in [0.15, 0.2) is 0 Å². The van der Waals surface area contributed by atoms with Crippen molar-refractivity contribution in [2.75, 3.05) is 0 Å². The summed E-state index contributed by atoms with van der Waals surface area (Å²) in [5.74, 6) is -1.25. The Morgan fingerprint density at radius 1 is 0.667 bits per heavy atom. The van der Waals surface area contributed by atoms with Crippen LogP contribution in [0.3, 0.4) is 0 Å². The van der Waals surface area contributed by atoms with Crippen molar-refractivity contribution in [2.24, 2.45) is 10.8 Å². The molecule has 0 aromatic carbocycles. The summed E-state index contributed by atoms with van der Waals surface area (Å²) in [6, 6.07) is 0. The fourth-order valence-corrected chi connectivity index (χ4v) is 4.35. The number of carboxylic acid groups (broad SMARTS) is 2. The molecule has 0 aromatic heterocycles. The average Bonchev–Trinajstić information content (AvgIpc) is 3.08. The summed E-state index contributed by atoms with van der Waals surface area (Å²) >= 11 is 0. The Morgan fingerprint density at radius 2 is 1.00 bits per heavy atom. The molecule has 0 radical (unpaired) electrons. The second kappa shape index (κ2) is 6.80. The zero-order valence-corrected chi connectivity index (χ0v) is 12.9. The average molecular weight is 296 g/mol. The summed E-state index contributed by atoms with van der Waals surface area (Å²) in [5.41, 5.74) is -0.949. The molecule has 21 heavy (non-hydrogen) atoms. The van der Waals surface area contributed by atoms with Gasteiger partial charge in [0, 0.05) is 0 Å². The highest BCUT2D eigenvalue weighted by Gasteiger charge is 2.41. The minimum absolute atomic E-state index is 0.474. The first-order valence-corrected chi connectivity index (χ1v) is 8.48.